The summed E-state index contributed by atoms with van der Waals surface area (Å²) in [4.78, 5) is 28.8. The summed E-state index contributed by atoms with van der Waals surface area (Å²) in [6.45, 7) is 0. The van der Waals surface area contributed by atoms with Gasteiger partial charge in [0.25, 0.3) is 0 Å². The quantitative estimate of drug-likeness (QED) is 0.0856. The van der Waals surface area contributed by atoms with E-state index >= 15 is 0 Å². The van der Waals surface area contributed by atoms with Crippen LogP contribution in [0, 0.1) is 0 Å². The van der Waals surface area contributed by atoms with Gasteiger partial charge in [-0.15, -0.1) is 0 Å². The summed E-state index contributed by atoms with van der Waals surface area (Å²) in [6, 6.07) is 33.4. The Labute approximate surface area is 419 Å². The molecule has 28 heteroatoms. The molecule has 8 heterocycles. The van der Waals surface area contributed by atoms with E-state index in [4.69, 9.17) is 0 Å². The number of rotatable bonds is 0. The molecular weight excluding hydrogens is 1040 g/mol. The van der Waals surface area contributed by atoms with Gasteiger partial charge in [-0.2, -0.15) is 0 Å². The third kappa shape index (κ3) is 20.3. The lowest BCUT2D eigenvalue weighted by atomic mass is 10.1. The molecule has 0 saturated carbocycles. The fourth-order valence-electron chi connectivity index (χ4n) is 7.16. The maximum Gasteiger partial charge on any atom is 0.673 e. The summed E-state index contributed by atoms with van der Waals surface area (Å²) >= 11 is 0. The minimum Gasteiger partial charge on any atom is -0.418 e. The lowest BCUT2D eigenvalue weighted by molar-refractivity contribution is -0.376. The van der Waals surface area contributed by atoms with Crippen LogP contribution in [-0.4, -0.2) is 49.0 Å². The second-order valence-electron chi connectivity index (χ2n) is 15.2. The number of pyridine rings is 8. The molecule has 0 unspecified atom stereocenters. The number of benzene rings is 4. The van der Waals surface area contributed by atoms with Gasteiger partial charge in [0.05, 0.1) is 0 Å². The van der Waals surface area contributed by atoms with Crippen molar-refractivity contribution in [3.63, 3.8) is 0 Å². The number of aromatic nitrogens is 8. The highest BCUT2D eigenvalue weighted by Gasteiger charge is 2.22. The van der Waals surface area contributed by atoms with Gasteiger partial charge in [0, 0.05) is 138 Å². The van der Waals surface area contributed by atoms with Gasteiger partial charge in [0.15, 0.2) is 49.6 Å². The van der Waals surface area contributed by atoms with E-state index in [9.17, 15) is 69.1 Å². The standard InChI is InChI=1S/4C12H8N2.4BF4/c4*1-2-10-8-14-6-4-12(10)11-3-5-13-7-9(1)11;4*2-1(3,4)5/h4*1-8H;;;;/q;;;;4*-1/p+4. The van der Waals surface area contributed by atoms with Gasteiger partial charge in [-0.25, -0.2) is 19.9 Å². The number of nitrogens with zero attached hydrogens (tertiary/aromatic N) is 4. The van der Waals surface area contributed by atoms with Gasteiger partial charge in [-0.1, -0.05) is 24.3 Å². The third-order valence-corrected chi connectivity index (χ3v) is 9.92. The first-order chi connectivity index (χ1) is 35.8. The van der Waals surface area contributed by atoms with E-state index in [1.165, 1.54) is 86.2 Å². The summed E-state index contributed by atoms with van der Waals surface area (Å²) in [5, 5.41) is 19.8. The summed E-state index contributed by atoms with van der Waals surface area (Å²) < 4.78 is 156. The van der Waals surface area contributed by atoms with Crippen LogP contribution in [0.25, 0.3) is 86.2 Å². The number of aromatic amines is 4. The second-order valence-corrected chi connectivity index (χ2v) is 15.2. The zero-order valence-corrected chi connectivity index (χ0v) is 38.6. The molecule has 4 N–H and O–H groups in total. The normalized spacial score (nSPS) is 11.2. The molecule has 0 fully saturated rings. The minimum absolute atomic E-state index is 1.19. The Kier molecular flexibility index (Phi) is 20.3. The van der Waals surface area contributed by atoms with E-state index in [1.54, 1.807) is 0 Å². The molecule has 392 valence electrons. The Morgan fingerprint density at radius 3 is 0.566 bits per heavy atom. The van der Waals surface area contributed by atoms with Crippen molar-refractivity contribution in [2.75, 3.05) is 0 Å². The predicted octanol–water partition coefficient (Wildman–Crippen LogP) is 14.0. The molecule has 8 nitrogen and oxygen atoms in total. The Morgan fingerprint density at radius 2 is 0.382 bits per heavy atom. The van der Waals surface area contributed by atoms with Crippen molar-refractivity contribution in [3.8, 4) is 0 Å². The monoisotopic (exact) mass is 1070 g/mol. The molecule has 0 radical (unpaired) electrons. The second kappa shape index (κ2) is 26.5. The Hall–Kier alpha value is -8.70. The summed E-state index contributed by atoms with van der Waals surface area (Å²) in [5.74, 6) is 0. The van der Waals surface area contributed by atoms with Gasteiger partial charge in [-0.05, 0) is 70.1 Å². The van der Waals surface area contributed by atoms with E-state index in [0.29, 0.717) is 0 Å². The number of nitrogens with one attached hydrogen (secondary N) is 4. The molecule has 0 bridgehead atoms. The molecule has 0 amide bonds. The fraction of sp³-hybridized carbons (Fsp3) is 0. The van der Waals surface area contributed by atoms with E-state index in [1.807, 2.05) is 99.1 Å². The number of fused-ring (bicyclic) bond motifs is 12. The van der Waals surface area contributed by atoms with Crippen molar-refractivity contribution in [1.82, 2.24) is 19.9 Å². The Bertz CT molecular complexity index is 3050. The zero-order chi connectivity index (χ0) is 55.5. The Morgan fingerprint density at radius 1 is 0.224 bits per heavy atom. The van der Waals surface area contributed by atoms with Crippen LogP contribution in [0.2, 0.25) is 0 Å². The number of hydrogen-bond acceptors (Lipinski definition) is 4. The lowest BCUT2D eigenvalue weighted by Crippen LogP contribution is -2.02. The van der Waals surface area contributed by atoms with Crippen molar-refractivity contribution in [2.45, 2.75) is 0 Å². The van der Waals surface area contributed by atoms with Gasteiger partial charge in [0.1, 0.15) is 0 Å². The largest absolute Gasteiger partial charge is 0.673 e. The average Bonchev–Trinajstić information content (AvgIpc) is 3.37. The van der Waals surface area contributed by atoms with E-state index in [2.05, 4.69) is 137 Å². The van der Waals surface area contributed by atoms with Crippen LogP contribution in [0.1, 0.15) is 0 Å². The zero-order valence-electron chi connectivity index (χ0n) is 38.6. The topological polar surface area (TPSA) is 108 Å². The van der Waals surface area contributed by atoms with Crippen molar-refractivity contribution in [3.05, 3.63) is 196 Å². The number of H-pyrrole nitrogens is 4. The van der Waals surface area contributed by atoms with Crippen LogP contribution in [0.5, 0.6) is 0 Å². The first-order valence-corrected chi connectivity index (χ1v) is 21.8. The van der Waals surface area contributed by atoms with Crippen LogP contribution in [0.15, 0.2) is 196 Å². The molecule has 0 aliphatic heterocycles. The highest BCUT2D eigenvalue weighted by atomic mass is 19.5. The maximum atomic E-state index is 9.75. The molecule has 76 heavy (non-hydrogen) atoms. The van der Waals surface area contributed by atoms with Crippen molar-refractivity contribution >= 4 is 115 Å². The molecule has 4 aromatic carbocycles. The van der Waals surface area contributed by atoms with Crippen LogP contribution >= 0.6 is 0 Å². The summed E-state index contributed by atoms with van der Waals surface area (Å²) in [6.07, 6.45) is 30.7. The van der Waals surface area contributed by atoms with Crippen molar-refractivity contribution < 1.29 is 89.0 Å². The van der Waals surface area contributed by atoms with E-state index in [0.717, 1.165) is 0 Å². The van der Waals surface area contributed by atoms with Gasteiger partial charge in [-0.3, -0.25) is 19.9 Å². The Balaban J connectivity index is 0.000000168. The fourth-order valence-corrected chi connectivity index (χ4v) is 7.16. The highest BCUT2D eigenvalue weighted by Crippen LogP contribution is 2.26. The first kappa shape index (κ1) is 58.2. The van der Waals surface area contributed by atoms with Crippen LogP contribution in [-0.2, 0) is 0 Å². The molecule has 0 saturated heterocycles. The summed E-state index contributed by atoms with van der Waals surface area (Å²) in [5.41, 5.74) is 0. The van der Waals surface area contributed by atoms with Gasteiger partial charge >= 0.3 is 29.0 Å². The first-order valence-electron chi connectivity index (χ1n) is 21.8. The van der Waals surface area contributed by atoms with E-state index in [-0.39, 0.29) is 0 Å². The molecule has 0 aliphatic carbocycles. The minimum atomic E-state index is -6.00. The predicted molar refractivity (Wildman–Crippen MR) is 264 cm³/mol. The maximum absolute atomic E-state index is 9.75. The van der Waals surface area contributed by atoms with Crippen LogP contribution < -0.4 is 19.9 Å². The molecule has 12 rings (SSSR count). The third-order valence-electron chi connectivity index (χ3n) is 9.92. The highest BCUT2D eigenvalue weighted by molar-refractivity contribution is 6.51. The lowest BCUT2D eigenvalue weighted by Gasteiger charge is -1.99. The molecular formula is C48H36B4F16N8. The molecule has 8 aromatic heterocycles. The summed E-state index contributed by atoms with van der Waals surface area (Å²) in [7, 11) is -24.0. The smallest absolute Gasteiger partial charge is 0.418 e. The number of halogens is 16. The van der Waals surface area contributed by atoms with Crippen molar-refractivity contribution in [1.29, 1.82) is 0 Å². The van der Waals surface area contributed by atoms with Crippen LogP contribution in [0.3, 0.4) is 0 Å². The molecule has 12 aromatic rings. The van der Waals surface area contributed by atoms with Crippen molar-refractivity contribution in [2.24, 2.45) is 0 Å². The van der Waals surface area contributed by atoms with Gasteiger partial charge in [0.2, 0.25) is 0 Å². The molecule has 0 atom stereocenters. The SMILES string of the molecule is F[B-](F)(F)F.F[B-](F)(F)F.F[B-](F)(F)F.F[B-](F)(F)F.c1cc2c(ccc3c[nH+]ccc32)cn1.c1cc2c(ccc3c[nH+]ccc32)cn1.c1cc2c(ccc3c[nH+]ccc32)cn1.c1cc2c(ccc3c[nH+]ccc32)cn1. The molecule has 0 spiro atoms. The number of hydrogen-bond donors (Lipinski definition) is 0. The molecule has 0 aliphatic rings. The average molecular weight is 1070 g/mol. The van der Waals surface area contributed by atoms with Crippen LogP contribution in [0.4, 0.5) is 69.1 Å². The van der Waals surface area contributed by atoms with E-state index < -0.39 is 29.0 Å². The van der Waals surface area contributed by atoms with Gasteiger partial charge < -0.3 is 69.1 Å².